The predicted molar refractivity (Wildman–Crippen MR) is 119 cm³/mol. The van der Waals surface area contributed by atoms with Crippen LogP contribution in [-0.2, 0) is 11.3 Å². The fourth-order valence-corrected chi connectivity index (χ4v) is 3.00. The number of carbonyl (C=O) groups is 2. The number of amides is 2. The molecule has 0 aliphatic carbocycles. The van der Waals surface area contributed by atoms with Gasteiger partial charge in [0.05, 0.1) is 13.7 Å². The molecule has 31 heavy (non-hydrogen) atoms. The number of rotatable bonds is 8. The molecule has 160 valence electrons. The van der Waals surface area contributed by atoms with Crippen molar-refractivity contribution >= 4 is 23.2 Å². The molecule has 2 amide bonds. The van der Waals surface area contributed by atoms with Crippen LogP contribution in [0.1, 0.15) is 15.9 Å². The highest BCUT2D eigenvalue weighted by Gasteiger charge is 2.11. The van der Waals surface area contributed by atoms with Crippen LogP contribution in [0.4, 0.5) is 15.8 Å². The van der Waals surface area contributed by atoms with Gasteiger partial charge in [-0.05, 0) is 61.6 Å². The quantitative estimate of drug-likeness (QED) is 0.573. The van der Waals surface area contributed by atoms with Gasteiger partial charge in [0.1, 0.15) is 11.6 Å². The van der Waals surface area contributed by atoms with Crippen molar-refractivity contribution in [2.24, 2.45) is 0 Å². The van der Waals surface area contributed by atoms with Crippen LogP contribution in [0, 0.1) is 5.82 Å². The van der Waals surface area contributed by atoms with E-state index in [1.54, 1.807) is 85.8 Å². The molecule has 0 saturated heterocycles. The third kappa shape index (κ3) is 6.38. The first kappa shape index (κ1) is 22.0. The van der Waals surface area contributed by atoms with Crippen LogP contribution >= 0.6 is 0 Å². The lowest BCUT2D eigenvalue weighted by Gasteiger charge is -2.17. The second kappa shape index (κ2) is 10.4. The number of benzene rings is 3. The topological polar surface area (TPSA) is 70.7 Å². The molecule has 0 saturated carbocycles. The number of nitrogens with zero attached hydrogens (tertiary/aromatic N) is 1. The molecule has 3 aromatic carbocycles. The average molecular weight is 421 g/mol. The third-order valence-corrected chi connectivity index (χ3v) is 4.59. The maximum absolute atomic E-state index is 13.7. The van der Waals surface area contributed by atoms with Gasteiger partial charge in [-0.25, -0.2) is 4.39 Å². The lowest BCUT2D eigenvalue weighted by molar-refractivity contribution is -0.117. The number of nitrogens with one attached hydrogen (secondary N) is 2. The van der Waals surface area contributed by atoms with E-state index < -0.39 is 0 Å². The van der Waals surface area contributed by atoms with Crippen LogP contribution in [0.25, 0.3) is 0 Å². The highest BCUT2D eigenvalue weighted by atomic mass is 19.1. The molecule has 2 N–H and O–H groups in total. The summed E-state index contributed by atoms with van der Waals surface area (Å²) >= 11 is 0. The molecule has 3 aromatic rings. The molecular formula is C24H24FN3O3. The molecule has 0 fully saturated rings. The number of hydrogen-bond donors (Lipinski definition) is 2. The van der Waals surface area contributed by atoms with Crippen LogP contribution in [0.5, 0.6) is 5.75 Å². The van der Waals surface area contributed by atoms with Crippen LogP contribution in [0.3, 0.4) is 0 Å². The summed E-state index contributed by atoms with van der Waals surface area (Å²) in [4.78, 5) is 26.4. The highest BCUT2D eigenvalue weighted by molar-refractivity contribution is 6.04. The first-order valence-electron chi connectivity index (χ1n) is 9.72. The fourth-order valence-electron chi connectivity index (χ4n) is 3.00. The van der Waals surface area contributed by atoms with E-state index in [2.05, 4.69) is 10.6 Å². The van der Waals surface area contributed by atoms with E-state index >= 15 is 0 Å². The minimum absolute atomic E-state index is 0.105. The summed E-state index contributed by atoms with van der Waals surface area (Å²) in [6, 6.07) is 20.1. The van der Waals surface area contributed by atoms with Crippen LogP contribution in [-0.4, -0.2) is 37.4 Å². The van der Waals surface area contributed by atoms with Gasteiger partial charge in [-0.1, -0.05) is 18.2 Å². The molecule has 7 heteroatoms. The monoisotopic (exact) mass is 421 g/mol. The van der Waals surface area contributed by atoms with E-state index in [4.69, 9.17) is 4.74 Å². The van der Waals surface area contributed by atoms with E-state index in [9.17, 15) is 14.0 Å². The number of carbonyl (C=O) groups excluding carboxylic acids is 2. The summed E-state index contributed by atoms with van der Waals surface area (Å²) in [6.07, 6.45) is 0. The van der Waals surface area contributed by atoms with Crippen molar-refractivity contribution < 1.29 is 18.7 Å². The Morgan fingerprint density at radius 2 is 1.52 bits per heavy atom. The van der Waals surface area contributed by atoms with Crippen molar-refractivity contribution in [3.05, 3.63) is 89.7 Å². The highest BCUT2D eigenvalue weighted by Crippen LogP contribution is 2.17. The molecule has 3 rings (SSSR count). The van der Waals surface area contributed by atoms with Crippen molar-refractivity contribution in [3.63, 3.8) is 0 Å². The first-order valence-corrected chi connectivity index (χ1v) is 9.72. The molecule has 0 bridgehead atoms. The van der Waals surface area contributed by atoms with Crippen molar-refractivity contribution in [1.82, 2.24) is 4.90 Å². The van der Waals surface area contributed by atoms with E-state index in [1.807, 2.05) is 0 Å². The molecule has 0 spiro atoms. The lowest BCUT2D eigenvalue weighted by atomic mass is 10.2. The second-order valence-electron chi connectivity index (χ2n) is 7.07. The second-order valence-corrected chi connectivity index (χ2v) is 7.07. The number of likely N-dealkylation sites (N-methyl/N-ethyl adjacent to an activating group) is 1. The Bertz CT molecular complexity index is 1040. The summed E-state index contributed by atoms with van der Waals surface area (Å²) in [6.45, 7) is 0.429. The number of ether oxygens (including phenoxy) is 1. The Labute approximate surface area is 180 Å². The predicted octanol–water partition coefficient (Wildman–Crippen LogP) is 4.16. The molecule has 0 aliphatic rings. The van der Waals surface area contributed by atoms with Crippen molar-refractivity contribution in [2.45, 2.75) is 6.54 Å². The normalized spacial score (nSPS) is 10.6. The van der Waals surface area contributed by atoms with Gasteiger partial charge < -0.3 is 15.4 Å². The van der Waals surface area contributed by atoms with Gasteiger partial charge in [-0.3, -0.25) is 14.5 Å². The molecule has 0 atom stereocenters. The smallest absolute Gasteiger partial charge is 0.255 e. The van der Waals surface area contributed by atoms with Crippen LogP contribution < -0.4 is 15.4 Å². The standard InChI is InChI=1S/C24H24FN3O3/c1-28(15-18-5-3-4-6-22(18)25)16-23(29)26-19-9-7-17(8-10-19)24(30)27-20-11-13-21(31-2)14-12-20/h3-14H,15-16H2,1-2H3,(H,26,29)(H,27,30). The molecular weight excluding hydrogens is 397 g/mol. The number of hydrogen-bond acceptors (Lipinski definition) is 4. The molecule has 6 nitrogen and oxygen atoms in total. The summed E-state index contributed by atoms with van der Waals surface area (Å²) < 4.78 is 18.8. The van der Waals surface area contributed by atoms with Gasteiger partial charge in [0.2, 0.25) is 5.91 Å². The number of methoxy groups -OCH3 is 1. The average Bonchev–Trinajstić information content (AvgIpc) is 2.76. The zero-order valence-corrected chi connectivity index (χ0v) is 17.4. The first-order chi connectivity index (χ1) is 14.9. The fraction of sp³-hybridized carbons (Fsp3) is 0.167. The zero-order chi connectivity index (χ0) is 22.2. The minimum atomic E-state index is -0.293. The summed E-state index contributed by atoms with van der Waals surface area (Å²) in [5.41, 5.74) is 2.22. The van der Waals surface area contributed by atoms with Crippen LogP contribution in [0.15, 0.2) is 72.8 Å². The number of halogens is 1. The molecule has 0 radical (unpaired) electrons. The Morgan fingerprint density at radius 3 is 2.16 bits per heavy atom. The minimum Gasteiger partial charge on any atom is -0.497 e. The Balaban J connectivity index is 1.51. The maximum atomic E-state index is 13.7. The summed E-state index contributed by atoms with van der Waals surface area (Å²) in [7, 11) is 3.33. The Morgan fingerprint density at radius 1 is 0.903 bits per heavy atom. The van der Waals surface area contributed by atoms with E-state index in [0.29, 0.717) is 34.8 Å². The van der Waals surface area contributed by atoms with E-state index in [0.717, 1.165) is 0 Å². The SMILES string of the molecule is COc1ccc(NC(=O)c2ccc(NC(=O)CN(C)Cc3ccccc3F)cc2)cc1. The summed E-state index contributed by atoms with van der Waals surface area (Å²) in [5, 5.41) is 5.59. The van der Waals surface area contributed by atoms with Crippen LogP contribution in [0.2, 0.25) is 0 Å². The van der Waals surface area contributed by atoms with Gasteiger partial charge in [0, 0.05) is 29.0 Å². The molecule has 0 aromatic heterocycles. The van der Waals surface area contributed by atoms with Crippen molar-refractivity contribution in [1.29, 1.82) is 0 Å². The van der Waals surface area contributed by atoms with Gasteiger partial charge in [-0.15, -0.1) is 0 Å². The number of anilines is 2. The van der Waals surface area contributed by atoms with Gasteiger partial charge >= 0.3 is 0 Å². The van der Waals surface area contributed by atoms with Crippen molar-refractivity contribution in [2.75, 3.05) is 31.3 Å². The largest absolute Gasteiger partial charge is 0.497 e. The molecule has 0 aliphatic heterocycles. The molecule has 0 unspecified atom stereocenters. The zero-order valence-electron chi connectivity index (χ0n) is 17.4. The van der Waals surface area contributed by atoms with Gasteiger partial charge in [0.25, 0.3) is 5.91 Å². The molecule has 0 heterocycles. The van der Waals surface area contributed by atoms with Gasteiger partial charge in [0.15, 0.2) is 0 Å². The lowest BCUT2D eigenvalue weighted by Crippen LogP contribution is -2.30. The van der Waals surface area contributed by atoms with Gasteiger partial charge in [-0.2, -0.15) is 0 Å². The Hall–Kier alpha value is -3.71. The Kier molecular flexibility index (Phi) is 7.35. The third-order valence-electron chi connectivity index (χ3n) is 4.59. The maximum Gasteiger partial charge on any atom is 0.255 e. The van der Waals surface area contributed by atoms with Crippen molar-refractivity contribution in [3.8, 4) is 5.75 Å². The summed E-state index contributed by atoms with van der Waals surface area (Å²) in [5.74, 6) is -0.0714. The van der Waals surface area contributed by atoms with E-state index in [1.165, 1.54) is 6.07 Å². The van der Waals surface area contributed by atoms with E-state index in [-0.39, 0.29) is 24.2 Å².